The number of pyridine rings is 1. The number of rotatable bonds is 4. The average Bonchev–Trinajstić information content (AvgIpc) is 2.57. The van der Waals surface area contributed by atoms with Gasteiger partial charge in [0.25, 0.3) is 0 Å². The Morgan fingerprint density at radius 2 is 1.91 bits per heavy atom. The topological polar surface area (TPSA) is 68.5 Å². The third-order valence-corrected chi connectivity index (χ3v) is 3.71. The summed E-state index contributed by atoms with van der Waals surface area (Å²) in [5.74, 6) is -0.615. The Kier molecular flexibility index (Phi) is 3.85. The van der Waals surface area contributed by atoms with Crippen molar-refractivity contribution in [3.05, 3.63) is 76.1 Å². The first-order chi connectivity index (χ1) is 11.1. The Morgan fingerprint density at radius 3 is 2.57 bits per heavy atom. The lowest BCUT2D eigenvalue weighted by atomic mass is 10.1. The standard InChI is InChI=1S/C18H15NO4/c1-23-13-7-8-14-16(9-13)19(10-12-5-3-2-4-6-12)11-15(17(14)20)18(21)22/h2-9,11H,10H2,1H3,(H,21,22). The molecule has 1 N–H and O–H groups in total. The van der Waals surface area contributed by atoms with Crippen LogP contribution in [-0.2, 0) is 6.54 Å². The highest BCUT2D eigenvalue weighted by atomic mass is 16.5. The fraction of sp³-hybridized carbons (Fsp3) is 0.111. The highest BCUT2D eigenvalue weighted by molar-refractivity contribution is 5.92. The second kappa shape index (κ2) is 5.96. The fourth-order valence-electron chi connectivity index (χ4n) is 2.56. The van der Waals surface area contributed by atoms with Crippen molar-refractivity contribution < 1.29 is 14.6 Å². The molecule has 5 heteroatoms. The molecule has 2 aromatic carbocycles. The Hall–Kier alpha value is -3.08. The molecule has 23 heavy (non-hydrogen) atoms. The number of nitrogens with zero attached hydrogens (tertiary/aromatic N) is 1. The summed E-state index contributed by atoms with van der Waals surface area (Å²) in [7, 11) is 1.55. The van der Waals surface area contributed by atoms with Crippen molar-refractivity contribution in [3.8, 4) is 5.75 Å². The molecule has 116 valence electrons. The molecule has 3 aromatic rings. The number of aromatic nitrogens is 1. The molecule has 0 atom stereocenters. The number of carbonyl (C=O) groups is 1. The molecule has 0 unspecified atom stereocenters. The van der Waals surface area contributed by atoms with Crippen LogP contribution in [0.1, 0.15) is 15.9 Å². The number of carboxylic acid groups (broad SMARTS) is 1. The van der Waals surface area contributed by atoms with Gasteiger partial charge in [-0.2, -0.15) is 0 Å². The van der Waals surface area contributed by atoms with Gasteiger partial charge in [0.2, 0.25) is 5.43 Å². The largest absolute Gasteiger partial charge is 0.497 e. The molecule has 0 radical (unpaired) electrons. The summed E-state index contributed by atoms with van der Waals surface area (Å²) in [5.41, 5.74) is 0.929. The van der Waals surface area contributed by atoms with Gasteiger partial charge < -0.3 is 14.4 Å². The molecule has 0 saturated heterocycles. The first-order valence-corrected chi connectivity index (χ1v) is 7.08. The highest BCUT2D eigenvalue weighted by Crippen LogP contribution is 2.20. The minimum atomic E-state index is -1.23. The predicted molar refractivity (Wildman–Crippen MR) is 87.3 cm³/mol. The van der Waals surface area contributed by atoms with Gasteiger partial charge in [0, 0.05) is 24.2 Å². The van der Waals surface area contributed by atoms with E-state index in [-0.39, 0.29) is 5.56 Å². The van der Waals surface area contributed by atoms with Gasteiger partial charge in [0.05, 0.1) is 12.6 Å². The lowest BCUT2D eigenvalue weighted by Gasteiger charge is -2.13. The third kappa shape index (κ3) is 2.81. The maximum absolute atomic E-state index is 12.3. The quantitative estimate of drug-likeness (QED) is 0.804. The van der Waals surface area contributed by atoms with Gasteiger partial charge in [0.1, 0.15) is 11.3 Å². The normalized spacial score (nSPS) is 10.7. The number of methoxy groups -OCH3 is 1. The van der Waals surface area contributed by atoms with E-state index in [2.05, 4.69) is 0 Å². The van der Waals surface area contributed by atoms with Crippen molar-refractivity contribution in [2.45, 2.75) is 6.54 Å². The minimum absolute atomic E-state index is 0.237. The molecule has 1 heterocycles. The van der Waals surface area contributed by atoms with Crippen LogP contribution < -0.4 is 10.2 Å². The summed E-state index contributed by atoms with van der Waals surface area (Å²) in [4.78, 5) is 23.7. The lowest BCUT2D eigenvalue weighted by molar-refractivity contribution is 0.0695. The SMILES string of the molecule is COc1ccc2c(=O)c(C(=O)O)cn(Cc3ccccc3)c2c1. The molecule has 0 aliphatic rings. The van der Waals surface area contributed by atoms with Crippen LogP contribution in [0.25, 0.3) is 10.9 Å². The molecule has 0 aliphatic carbocycles. The van der Waals surface area contributed by atoms with Crippen LogP contribution in [0.5, 0.6) is 5.75 Å². The predicted octanol–water partition coefficient (Wildman–Crippen LogP) is 2.76. The van der Waals surface area contributed by atoms with E-state index in [1.54, 1.807) is 29.9 Å². The van der Waals surface area contributed by atoms with Crippen LogP contribution in [0.2, 0.25) is 0 Å². The Bertz CT molecular complexity index is 929. The van der Waals surface area contributed by atoms with Gasteiger partial charge >= 0.3 is 5.97 Å². The summed E-state index contributed by atoms with van der Waals surface area (Å²) in [6.45, 7) is 0.463. The lowest BCUT2D eigenvalue weighted by Crippen LogP contribution is -2.19. The molecule has 0 spiro atoms. The highest BCUT2D eigenvalue weighted by Gasteiger charge is 2.15. The van der Waals surface area contributed by atoms with Crippen molar-refractivity contribution >= 4 is 16.9 Å². The molecule has 1 aromatic heterocycles. The van der Waals surface area contributed by atoms with Crippen LogP contribution in [-0.4, -0.2) is 22.8 Å². The molecule has 0 bridgehead atoms. The first-order valence-electron chi connectivity index (χ1n) is 7.08. The van der Waals surface area contributed by atoms with E-state index in [0.29, 0.717) is 23.2 Å². The summed E-state index contributed by atoms with van der Waals surface area (Å²) < 4.78 is 6.98. The maximum atomic E-state index is 12.3. The summed E-state index contributed by atoms with van der Waals surface area (Å²) in [6, 6.07) is 14.6. The Morgan fingerprint density at radius 1 is 1.17 bits per heavy atom. The summed E-state index contributed by atoms with van der Waals surface area (Å²) >= 11 is 0. The number of hydrogen-bond acceptors (Lipinski definition) is 3. The van der Waals surface area contributed by atoms with Crippen molar-refractivity contribution in [1.29, 1.82) is 0 Å². The van der Waals surface area contributed by atoms with Gasteiger partial charge in [-0.15, -0.1) is 0 Å². The smallest absolute Gasteiger partial charge is 0.341 e. The van der Waals surface area contributed by atoms with E-state index in [0.717, 1.165) is 5.56 Å². The number of hydrogen-bond donors (Lipinski definition) is 1. The van der Waals surface area contributed by atoms with Crippen LogP contribution in [0.3, 0.4) is 0 Å². The molecule has 0 saturated carbocycles. The zero-order chi connectivity index (χ0) is 16.4. The van der Waals surface area contributed by atoms with Crippen LogP contribution >= 0.6 is 0 Å². The first kappa shape index (κ1) is 14.8. The average molecular weight is 309 g/mol. The molecule has 0 aliphatic heterocycles. The molecule has 0 fully saturated rings. The number of carboxylic acids is 1. The zero-order valence-corrected chi connectivity index (χ0v) is 12.5. The van der Waals surface area contributed by atoms with Crippen LogP contribution in [0.4, 0.5) is 0 Å². The number of aromatic carboxylic acids is 1. The number of benzene rings is 2. The fourth-order valence-corrected chi connectivity index (χ4v) is 2.56. The van der Waals surface area contributed by atoms with E-state index < -0.39 is 11.4 Å². The van der Waals surface area contributed by atoms with Crippen molar-refractivity contribution in [2.75, 3.05) is 7.11 Å². The van der Waals surface area contributed by atoms with Gasteiger partial charge in [-0.05, 0) is 17.7 Å². The summed E-state index contributed by atoms with van der Waals surface area (Å²) in [5, 5.41) is 9.64. The Balaban J connectivity index is 2.26. The van der Waals surface area contributed by atoms with Crippen LogP contribution in [0.15, 0.2) is 59.5 Å². The molecule has 5 nitrogen and oxygen atoms in total. The van der Waals surface area contributed by atoms with Gasteiger partial charge in [-0.1, -0.05) is 30.3 Å². The van der Waals surface area contributed by atoms with Crippen molar-refractivity contribution in [1.82, 2.24) is 4.57 Å². The Labute approximate surface area is 132 Å². The monoisotopic (exact) mass is 309 g/mol. The van der Waals surface area contributed by atoms with Crippen LogP contribution in [0, 0.1) is 0 Å². The van der Waals surface area contributed by atoms with Gasteiger partial charge in [-0.25, -0.2) is 4.79 Å². The molecular weight excluding hydrogens is 294 g/mol. The van der Waals surface area contributed by atoms with E-state index >= 15 is 0 Å². The van der Waals surface area contributed by atoms with Crippen molar-refractivity contribution in [3.63, 3.8) is 0 Å². The number of fused-ring (bicyclic) bond motifs is 1. The second-order valence-electron chi connectivity index (χ2n) is 5.17. The molecular formula is C18H15NO4. The van der Waals surface area contributed by atoms with E-state index in [9.17, 15) is 14.7 Å². The zero-order valence-electron chi connectivity index (χ0n) is 12.5. The number of ether oxygens (including phenoxy) is 1. The van der Waals surface area contributed by atoms with Gasteiger partial charge in [0.15, 0.2) is 0 Å². The third-order valence-electron chi connectivity index (χ3n) is 3.71. The maximum Gasteiger partial charge on any atom is 0.341 e. The van der Waals surface area contributed by atoms with E-state index in [1.165, 1.54) is 6.20 Å². The molecule has 0 amide bonds. The van der Waals surface area contributed by atoms with E-state index in [1.807, 2.05) is 30.3 Å². The minimum Gasteiger partial charge on any atom is -0.497 e. The second-order valence-corrected chi connectivity index (χ2v) is 5.17. The van der Waals surface area contributed by atoms with Gasteiger partial charge in [-0.3, -0.25) is 4.79 Å². The summed E-state index contributed by atoms with van der Waals surface area (Å²) in [6.07, 6.45) is 1.39. The van der Waals surface area contributed by atoms with Crippen molar-refractivity contribution in [2.24, 2.45) is 0 Å². The molecule has 3 rings (SSSR count). The van der Waals surface area contributed by atoms with E-state index in [4.69, 9.17) is 4.74 Å².